The number of rotatable bonds is 13. The number of benzene rings is 2. The van der Waals surface area contributed by atoms with Gasteiger partial charge in [-0.2, -0.15) is 5.26 Å². The van der Waals surface area contributed by atoms with Gasteiger partial charge in [0.1, 0.15) is 17.2 Å². The Morgan fingerprint density at radius 3 is 1.74 bits per heavy atom. The van der Waals surface area contributed by atoms with Crippen molar-refractivity contribution >= 4 is 17.9 Å². The molecule has 2 aromatic rings. The van der Waals surface area contributed by atoms with Crippen LogP contribution in [0, 0.1) is 23.2 Å². The van der Waals surface area contributed by atoms with Gasteiger partial charge in [-0.15, -0.1) is 0 Å². The molecule has 0 bridgehead atoms. The van der Waals surface area contributed by atoms with Crippen molar-refractivity contribution in [1.82, 2.24) is 0 Å². The Morgan fingerprint density at radius 1 is 0.763 bits per heavy atom. The standard InChI is InChI=1S/C30H33NO7/c1-2-28(32)36-20-6-4-3-5-19-35-25-15-17-27(18-16-25)38-30(34)24-11-9-23(10-12-24)29(33)37-26-13-7-22(21-31)8-14-26/h2,7-8,13-18,23-24H,1,3-6,9-12,19-20H2. The summed E-state index contributed by atoms with van der Waals surface area (Å²) in [6.45, 7) is 4.33. The van der Waals surface area contributed by atoms with Crippen LogP contribution in [0.3, 0.4) is 0 Å². The molecule has 200 valence electrons. The fourth-order valence-corrected chi connectivity index (χ4v) is 4.14. The van der Waals surface area contributed by atoms with Gasteiger partial charge in [-0.1, -0.05) is 6.58 Å². The largest absolute Gasteiger partial charge is 0.494 e. The Kier molecular flexibility index (Phi) is 11.4. The van der Waals surface area contributed by atoms with E-state index >= 15 is 0 Å². The summed E-state index contributed by atoms with van der Waals surface area (Å²) < 4.78 is 21.6. The van der Waals surface area contributed by atoms with Crippen molar-refractivity contribution in [2.24, 2.45) is 11.8 Å². The fraction of sp³-hybridized carbons (Fsp3) is 0.400. The number of nitrogens with zero attached hydrogens (tertiary/aromatic N) is 1. The molecule has 0 atom stereocenters. The third kappa shape index (κ3) is 9.40. The Labute approximate surface area is 223 Å². The molecule has 0 amide bonds. The molecule has 0 heterocycles. The highest BCUT2D eigenvalue weighted by atomic mass is 16.5. The van der Waals surface area contributed by atoms with Crippen LogP contribution < -0.4 is 14.2 Å². The van der Waals surface area contributed by atoms with Gasteiger partial charge in [0.25, 0.3) is 0 Å². The van der Waals surface area contributed by atoms with E-state index in [4.69, 9.17) is 24.2 Å². The van der Waals surface area contributed by atoms with E-state index in [9.17, 15) is 14.4 Å². The summed E-state index contributed by atoms with van der Waals surface area (Å²) in [5, 5.41) is 8.86. The molecular weight excluding hydrogens is 486 g/mol. The highest BCUT2D eigenvalue weighted by molar-refractivity contribution is 5.81. The molecule has 1 saturated carbocycles. The highest BCUT2D eigenvalue weighted by Gasteiger charge is 2.32. The molecule has 0 aromatic heterocycles. The lowest BCUT2D eigenvalue weighted by molar-refractivity contribution is -0.145. The molecular formula is C30H33NO7. The van der Waals surface area contributed by atoms with E-state index in [1.807, 2.05) is 6.07 Å². The lowest BCUT2D eigenvalue weighted by atomic mass is 9.82. The SMILES string of the molecule is C=CC(=O)OCCCCCCOc1ccc(OC(=O)C2CCC(C(=O)Oc3ccc(C#N)cc3)CC2)cc1. The second kappa shape index (κ2) is 15.2. The van der Waals surface area contributed by atoms with E-state index in [1.165, 1.54) is 0 Å². The maximum Gasteiger partial charge on any atom is 0.330 e. The van der Waals surface area contributed by atoms with E-state index in [0.717, 1.165) is 31.8 Å². The number of nitriles is 1. The first-order valence-corrected chi connectivity index (χ1v) is 12.9. The van der Waals surface area contributed by atoms with Crippen LogP contribution in [-0.2, 0) is 19.1 Å². The Balaban J connectivity index is 1.31. The van der Waals surface area contributed by atoms with Crippen molar-refractivity contribution in [3.63, 3.8) is 0 Å². The van der Waals surface area contributed by atoms with Crippen LogP contribution in [0.15, 0.2) is 61.2 Å². The first-order chi connectivity index (χ1) is 18.5. The van der Waals surface area contributed by atoms with Crippen molar-refractivity contribution < 1.29 is 33.3 Å². The van der Waals surface area contributed by atoms with Gasteiger partial charge in [-0.05, 0) is 99.9 Å². The van der Waals surface area contributed by atoms with Crippen LogP contribution in [0.25, 0.3) is 0 Å². The summed E-state index contributed by atoms with van der Waals surface area (Å²) >= 11 is 0. The summed E-state index contributed by atoms with van der Waals surface area (Å²) in [5.41, 5.74) is 0.500. The predicted octanol–water partition coefficient (Wildman–Crippen LogP) is 5.54. The second-order valence-corrected chi connectivity index (χ2v) is 9.13. The molecule has 8 nitrogen and oxygen atoms in total. The Morgan fingerprint density at radius 2 is 1.24 bits per heavy atom. The Hall–Kier alpha value is -4.12. The van der Waals surface area contributed by atoms with Gasteiger partial charge in [-0.3, -0.25) is 9.59 Å². The molecule has 38 heavy (non-hydrogen) atoms. The van der Waals surface area contributed by atoms with Gasteiger partial charge >= 0.3 is 17.9 Å². The van der Waals surface area contributed by atoms with Gasteiger partial charge in [0.2, 0.25) is 0 Å². The van der Waals surface area contributed by atoms with Crippen LogP contribution in [0.1, 0.15) is 56.9 Å². The number of unbranched alkanes of at least 4 members (excludes halogenated alkanes) is 3. The number of hydrogen-bond acceptors (Lipinski definition) is 8. The van der Waals surface area contributed by atoms with Crippen molar-refractivity contribution in [2.75, 3.05) is 13.2 Å². The normalized spacial score (nSPS) is 16.5. The number of carbonyl (C=O) groups is 3. The number of hydrogen-bond donors (Lipinski definition) is 0. The van der Waals surface area contributed by atoms with E-state index in [-0.39, 0.29) is 23.8 Å². The highest BCUT2D eigenvalue weighted by Crippen LogP contribution is 2.31. The number of ether oxygens (including phenoxy) is 4. The predicted molar refractivity (Wildman–Crippen MR) is 139 cm³/mol. The molecule has 3 rings (SSSR count). The van der Waals surface area contributed by atoms with E-state index in [1.54, 1.807) is 48.5 Å². The topological polar surface area (TPSA) is 112 Å². The average Bonchev–Trinajstić information content (AvgIpc) is 2.95. The molecule has 0 aliphatic heterocycles. The number of carbonyl (C=O) groups excluding carboxylic acids is 3. The maximum absolute atomic E-state index is 12.6. The zero-order chi connectivity index (χ0) is 27.2. The molecule has 1 fully saturated rings. The van der Waals surface area contributed by atoms with Crippen LogP contribution in [0.2, 0.25) is 0 Å². The minimum atomic E-state index is -0.395. The minimum Gasteiger partial charge on any atom is -0.494 e. The zero-order valence-electron chi connectivity index (χ0n) is 21.4. The smallest absolute Gasteiger partial charge is 0.330 e. The summed E-state index contributed by atoms with van der Waals surface area (Å²) in [6, 6.07) is 15.4. The molecule has 0 spiro atoms. The molecule has 0 saturated heterocycles. The zero-order valence-corrected chi connectivity index (χ0v) is 21.4. The monoisotopic (exact) mass is 519 g/mol. The minimum absolute atomic E-state index is 0.259. The first kappa shape index (κ1) is 28.5. The number of esters is 3. The van der Waals surface area contributed by atoms with Crippen LogP contribution >= 0.6 is 0 Å². The van der Waals surface area contributed by atoms with Crippen LogP contribution in [-0.4, -0.2) is 31.1 Å². The van der Waals surface area contributed by atoms with Gasteiger partial charge in [-0.25, -0.2) is 4.79 Å². The summed E-state index contributed by atoms with van der Waals surface area (Å²) in [5.74, 6) is 0.0406. The third-order valence-corrected chi connectivity index (χ3v) is 6.36. The summed E-state index contributed by atoms with van der Waals surface area (Å²) in [6.07, 6.45) is 7.00. The van der Waals surface area contributed by atoms with Crippen molar-refractivity contribution in [3.8, 4) is 23.3 Å². The molecule has 0 radical (unpaired) electrons. The first-order valence-electron chi connectivity index (χ1n) is 12.9. The van der Waals surface area contributed by atoms with Crippen LogP contribution in [0.5, 0.6) is 17.2 Å². The van der Waals surface area contributed by atoms with Crippen molar-refractivity contribution in [2.45, 2.75) is 51.4 Å². The summed E-state index contributed by atoms with van der Waals surface area (Å²) in [4.78, 5) is 36.1. The summed E-state index contributed by atoms with van der Waals surface area (Å²) in [7, 11) is 0. The van der Waals surface area contributed by atoms with Gasteiger partial charge in [0.05, 0.1) is 36.7 Å². The van der Waals surface area contributed by atoms with E-state index in [0.29, 0.717) is 61.7 Å². The van der Waals surface area contributed by atoms with Gasteiger partial charge < -0.3 is 18.9 Å². The maximum atomic E-state index is 12.6. The van der Waals surface area contributed by atoms with E-state index < -0.39 is 5.97 Å². The third-order valence-electron chi connectivity index (χ3n) is 6.36. The van der Waals surface area contributed by atoms with E-state index in [2.05, 4.69) is 6.58 Å². The van der Waals surface area contributed by atoms with Gasteiger partial charge in [0, 0.05) is 6.08 Å². The Bertz CT molecular complexity index is 1110. The molecule has 8 heteroatoms. The van der Waals surface area contributed by atoms with Crippen LogP contribution in [0.4, 0.5) is 0 Å². The lowest BCUT2D eigenvalue weighted by Gasteiger charge is -2.25. The lowest BCUT2D eigenvalue weighted by Crippen LogP contribution is -2.30. The molecule has 1 aliphatic carbocycles. The molecule has 0 unspecified atom stereocenters. The quantitative estimate of drug-likeness (QED) is 0.147. The second-order valence-electron chi connectivity index (χ2n) is 9.13. The molecule has 1 aliphatic rings. The average molecular weight is 520 g/mol. The molecule has 2 aromatic carbocycles. The van der Waals surface area contributed by atoms with Gasteiger partial charge in [0.15, 0.2) is 0 Å². The van der Waals surface area contributed by atoms with Crippen molar-refractivity contribution in [3.05, 3.63) is 66.7 Å². The molecule has 0 N–H and O–H groups in total. The fourth-order valence-electron chi connectivity index (χ4n) is 4.14. The van der Waals surface area contributed by atoms with Crippen molar-refractivity contribution in [1.29, 1.82) is 5.26 Å².